The normalized spacial score (nSPS) is 10.7. The second-order valence-electron chi connectivity index (χ2n) is 3.08. The molecule has 5 heteroatoms. The van der Waals surface area contributed by atoms with E-state index in [0.29, 0.717) is 19.8 Å². The number of hydrogen-bond donors (Lipinski definition) is 2. The molecule has 1 heterocycles. The van der Waals surface area contributed by atoms with Gasteiger partial charge < -0.3 is 20.5 Å². The highest BCUT2D eigenvalue weighted by molar-refractivity contribution is 7.10. The van der Waals surface area contributed by atoms with Crippen LogP contribution in [0.15, 0.2) is 11.4 Å². The smallest absolute Gasteiger partial charge is 0.0700 e. The number of methoxy groups -OCH3 is 1. The molecule has 0 aliphatic rings. The zero-order valence-electron chi connectivity index (χ0n) is 8.99. The molecule has 0 aliphatic heterocycles. The van der Waals surface area contributed by atoms with Crippen molar-refractivity contribution in [1.29, 1.82) is 0 Å². The maximum Gasteiger partial charge on any atom is 0.0700 e. The molecule has 0 bridgehead atoms. The van der Waals surface area contributed by atoms with Crippen molar-refractivity contribution in [2.75, 3.05) is 39.2 Å². The largest absolute Gasteiger partial charge is 0.398 e. The maximum atomic E-state index is 5.74. The molecule has 1 aromatic rings. The number of hydrogen-bond acceptors (Lipinski definition) is 5. The zero-order valence-corrected chi connectivity index (χ0v) is 9.81. The summed E-state index contributed by atoms with van der Waals surface area (Å²) in [5.41, 5.74) is 6.61. The highest BCUT2D eigenvalue weighted by Gasteiger charge is 1.98. The first-order valence-electron chi connectivity index (χ1n) is 4.94. The highest BCUT2D eigenvalue weighted by atomic mass is 32.1. The summed E-state index contributed by atoms with van der Waals surface area (Å²) in [6.07, 6.45) is 0. The third-order valence-corrected chi connectivity index (χ3v) is 2.86. The molecule has 0 saturated heterocycles. The third kappa shape index (κ3) is 5.13. The maximum absolute atomic E-state index is 5.74. The predicted octanol–water partition coefficient (Wildman–Crippen LogP) is 1.08. The van der Waals surface area contributed by atoms with Crippen LogP contribution in [0.5, 0.6) is 0 Å². The fraction of sp³-hybridized carbons (Fsp3) is 0.600. The topological polar surface area (TPSA) is 56.5 Å². The standard InChI is InChI=1S/C10H18N2O2S/c1-13-5-6-14-4-3-12-8-10-9(11)2-7-15-10/h2,7,12H,3-6,8,11H2,1H3. The molecular formula is C10H18N2O2S. The lowest BCUT2D eigenvalue weighted by atomic mass is 10.4. The summed E-state index contributed by atoms with van der Waals surface area (Å²) in [5.74, 6) is 0. The molecule has 0 aromatic carbocycles. The lowest BCUT2D eigenvalue weighted by Gasteiger charge is -2.05. The van der Waals surface area contributed by atoms with E-state index in [1.54, 1.807) is 18.4 Å². The van der Waals surface area contributed by atoms with Gasteiger partial charge >= 0.3 is 0 Å². The van der Waals surface area contributed by atoms with Gasteiger partial charge in [0.2, 0.25) is 0 Å². The van der Waals surface area contributed by atoms with Crippen LogP contribution in [0.2, 0.25) is 0 Å². The van der Waals surface area contributed by atoms with Gasteiger partial charge in [-0.3, -0.25) is 0 Å². The van der Waals surface area contributed by atoms with Gasteiger partial charge in [0.25, 0.3) is 0 Å². The second kappa shape index (κ2) is 7.64. The van der Waals surface area contributed by atoms with Crippen LogP contribution < -0.4 is 11.1 Å². The monoisotopic (exact) mass is 230 g/mol. The lowest BCUT2D eigenvalue weighted by molar-refractivity contribution is 0.0719. The molecule has 0 unspecified atom stereocenters. The number of thiophene rings is 1. The van der Waals surface area contributed by atoms with Gasteiger partial charge in [0.15, 0.2) is 0 Å². The van der Waals surface area contributed by atoms with Gasteiger partial charge in [-0.05, 0) is 11.4 Å². The zero-order chi connectivity index (χ0) is 10.9. The van der Waals surface area contributed by atoms with Crippen LogP contribution in [-0.4, -0.2) is 33.5 Å². The Balaban J connectivity index is 1.96. The first-order chi connectivity index (χ1) is 7.34. The molecule has 1 rings (SSSR count). The van der Waals surface area contributed by atoms with Gasteiger partial charge in [-0.1, -0.05) is 0 Å². The molecule has 0 radical (unpaired) electrons. The Morgan fingerprint density at radius 2 is 2.27 bits per heavy atom. The highest BCUT2D eigenvalue weighted by Crippen LogP contribution is 2.17. The van der Waals surface area contributed by atoms with Crippen LogP contribution in [-0.2, 0) is 16.0 Å². The number of rotatable bonds is 8. The Morgan fingerprint density at radius 3 is 2.93 bits per heavy atom. The molecule has 1 aromatic heterocycles. The van der Waals surface area contributed by atoms with Gasteiger partial charge in [-0.2, -0.15) is 0 Å². The van der Waals surface area contributed by atoms with Crippen molar-refractivity contribution in [3.63, 3.8) is 0 Å². The summed E-state index contributed by atoms with van der Waals surface area (Å²) in [5, 5.41) is 5.27. The minimum absolute atomic E-state index is 0.651. The second-order valence-corrected chi connectivity index (χ2v) is 4.08. The van der Waals surface area contributed by atoms with Crippen LogP contribution >= 0.6 is 11.3 Å². The van der Waals surface area contributed by atoms with Crippen LogP contribution in [0.3, 0.4) is 0 Å². The van der Waals surface area contributed by atoms with Crippen LogP contribution in [0.25, 0.3) is 0 Å². The number of nitrogens with two attached hydrogens (primary N) is 1. The van der Waals surface area contributed by atoms with Crippen molar-refractivity contribution in [1.82, 2.24) is 5.32 Å². The Hall–Kier alpha value is -0.620. The quantitative estimate of drug-likeness (QED) is 0.656. The molecule has 0 spiro atoms. The average Bonchev–Trinajstić information content (AvgIpc) is 2.63. The minimum atomic E-state index is 0.651. The number of anilines is 1. The predicted molar refractivity (Wildman–Crippen MR) is 63.1 cm³/mol. The summed E-state index contributed by atoms with van der Waals surface area (Å²) in [4.78, 5) is 1.19. The van der Waals surface area contributed by atoms with E-state index in [4.69, 9.17) is 15.2 Å². The lowest BCUT2D eigenvalue weighted by Crippen LogP contribution is -2.20. The van der Waals surface area contributed by atoms with Crippen LogP contribution in [0.4, 0.5) is 5.69 Å². The summed E-state index contributed by atoms with van der Waals surface area (Å²) in [6.45, 7) is 3.66. The molecule has 0 atom stereocenters. The van der Waals surface area contributed by atoms with E-state index in [1.165, 1.54) is 4.88 Å². The third-order valence-electron chi connectivity index (χ3n) is 1.92. The summed E-state index contributed by atoms with van der Waals surface area (Å²) in [7, 11) is 1.67. The molecule has 4 nitrogen and oxygen atoms in total. The van der Waals surface area contributed by atoms with E-state index in [2.05, 4.69) is 5.32 Å². The Morgan fingerprint density at radius 1 is 1.40 bits per heavy atom. The summed E-state index contributed by atoms with van der Waals surface area (Å²) >= 11 is 1.67. The summed E-state index contributed by atoms with van der Waals surface area (Å²) < 4.78 is 10.2. The van der Waals surface area contributed by atoms with E-state index in [9.17, 15) is 0 Å². The number of ether oxygens (including phenoxy) is 2. The van der Waals surface area contributed by atoms with E-state index in [0.717, 1.165) is 18.8 Å². The molecule has 15 heavy (non-hydrogen) atoms. The van der Waals surface area contributed by atoms with Gasteiger partial charge in [-0.25, -0.2) is 0 Å². The summed E-state index contributed by atoms with van der Waals surface area (Å²) in [6, 6.07) is 1.93. The van der Waals surface area contributed by atoms with E-state index < -0.39 is 0 Å². The van der Waals surface area contributed by atoms with Gasteiger partial charge in [-0.15, -0.1) is 11.3 Å². The van der Waals surface area contributed by atoms with Crippen LogP contribution in [0.1, 0.15) is 4.88 Å². The fourth-order valence-electron chi connectivity index (χ4n) is 1.08. The van der Waals surface area contributed by atoms with Crippen molar-refractivity contribution in [3.8, 4) is 0 Å². The first-order valence-corrected chi connectivity index (χ1v) is 5.82. The first kappa shape index (κ1) is 12.4. The fourth-order valence-corrected chi connectivity index (χ4v) is 1.85. The Kier molecular flexibility index (Phi) is 6.34. The Bertz CT molecular complexity index is 266. The number of nitrogens with one attached hydrogen (secondary N) is 1. The molecule has 0 amide bonds. The van der Waals surface area contributed by atoms with Crippen molar-refractivity contribution >= 4 is 17.0 Å². The van der Waals surface area contributed by atoms with Crippen molar-refractivity contribution < 1.29 is 9.47 Å². The molecule has 3 N–H and O–H groups in total. The van der Waals surface area contributed by atoms with Crippen LogP contribution in [0, 0.1) is 0 Å². The SMILES string of the molecule is COCCOCCNCc1sccc1N. The van der Waals surface area contributed by atoms with Crippen molar-refractivity contribution in [2.24, 2.45) is 0 Å². The van der Waals surface area contributed by atoms with Gasteiger partial charge in [0.05, 0.1) is 19.8 Å². The van der Waals surface area contributed by atoms with Gasteiger partial charge in [0, 0.05) is 30.8 Å². The van der Waals surface area contributed by atoms with Gasteiger partial charge in [0.1, 0.15) is 0 Å². The molecule has 0 aliphatic carbocycles. The molecule has 0 fully saturated rings. The molecule has 86 valence electrons. The molecular weight excluding hydrogens is 212 g/mol. The Labute approximate surface area is 94.4 Å². The van der Waals surface area contributed by atoms with E-state index >= 15 is 0 Å². The van der Waals surface area contributed by atoms with Crippen molar-refractivity contribution in [2.45, 2.75) is 6.54 Å². The molecule has 0 saturated carbocycles. The van der Waals surface area contributed by atoms with E-state index in [-0.39, 0.29) is 0 Å². The number of nitrogen functional groups attached to an aromatic ring is 1. The average molecular weight is 230 g/mol. The van der Waals surface area contributed by atoms with Crippen molar-refractivity contribution in [3.05, 3.63) is 16.3 Å². The van der Waals surface area contributed by atoms with E-state index in [1.807, 2.05) is 11.4 Å². The minimum Gasteiger partial charge on any atom is -0.398 e.